The molecule has 4 rings (SSSR count). The first-order chi connectivity index (χ1) is 16.6. The molecule has 34 heavy (non-hydrogen) atoms. The Labute approximate surface area is 198 Å². The number of piperazine rings is 1. The van der Waals surface area contributed by atoms with E-state index in [1.54, 1.807) is 19.1 Å². The van der Waals surface area contributed by atoms with Crippen LogP contribution in [0.1, 0.15) is 29.3 Å². The number of rotatable bonds is 7. The number of esters is 1. The normalized spacial score (nSPS) is 13.9. The third-order valence-electron chi connectivity index (χ3n) is 5.86. The monoisotopic (exact) mass is 457 g/mol. The van der Waals surface area contributed by atoms with Crippen LogP contribution in [-0.2, 0) is 16.1 Å². The van der Waals surface area contributed by atoms with Gasteiger partial charge < -0.3 is 19.1 Å². The second kappa shape index (κ2) is 10.7. The number of aryl methyl sites for hydroxylation is 1. The Kier molecular flexibility index (Phi) is 7.23. The molecular weight excluding hydrogens is 430 g/mol. The van der Waals surface area contributed by atoms with Gasteiger partial charge in [-0.25, -0.2) is 9.78 Å². The number of carbonyl (C=O) groups excluding carboxylic acids is 2. The first-order valence-electron chi connectivity index (χ1n) is 11.4. The van der Waals surface area contributed by atoms with Crippen LogP contribution in [0.15, 0.2) is 54.9 Å². The molecule has 0 N–H and O–H groups in total. The lowest BCUT2D eigenvalue weighted by atomic mass is 10.1. The van der Waals surface area contributed by atoms with Crippen LogP contribution in [-0.4, -0.2) is 59.1 Å². The largest absolute Gasteiger partial charge is 0.462 e. The molecule has 8 nitrogen and oxygen atoms in total. The van der Waals surface area contributed by atoms with Crippen molar-refractivity contribution in [3.05, 3.63) is 66.0 Å². The van der Waals surface area contributed by atoms with Crippen molar-refractivity contribution in [1.29, 1.82) is 5.26 Å². The molecule has 1 aromatic carbocycles. The molecule has 0 aliphatic carbocycles. The summed E-state index contributed by atoms with van der Waals surface area (Å²) < 4.78 is 7.05. The molecule has 3 heterocycles. The topological polar surface area (TPSA) is 91.5 Å². The van der Waals surface area contributed by atoms with Gasteiger partial charge in [0.1, 0.15) is 5.82 Å². The van der Waals surface area contributed by atoms with Crippen LogP contribution >= 0.6 is 0 Å². The fraction of sp³-hybridized carbons (Fsp3) is 0.308. The highest BCUT2D eigenvalue weighted by Crippen LogP contribution is 2.23. The number of aromatic nitrogens is 2. The smallest absolute Gasteiger partial charge is 0.339 e. The third kappa shape index (κ3) is 5.09. The fourth-order valence-electron chi connectivity index (χ4n) is 4.09. The second-order valence-electron chi connectivity index (χ2n) is 7.97. The molecule has 0 unspecified atom stereocenters. The Morgan fingerprint density at radius 1 is 1.15 bits per heavy atom. The zero-order chi connectivity index (χ0) is 23.9. The highest BCUT2D eigenvalue weighted by molar-refractivity contribution is 5.96. The van der Waals surface area contributed by atoms with Crippen molar-refractivity contribution in [2.45, 2.75) is 19.9 Å². The second-order valence-corrected chi connectivity index (χ2v) is 7.97. The molecule has 0 bridgehead atoms. The average Bonchev–Trinajstić information content (AvgIpc) is 3.24. The van der Waals surface area contributed by atoms with Crippen molar-refractivity contribution in [3.63, 3.8) is 0 Å². The van der Waals surface area contributed by atoms with Crippen LogP contribution in [0.2, 0.25) is 0 Å². The van der Waals surface area contributed by atoms with Gasteiger partial charge in [0, 0.05) is 67.7 Å². The van der Waals surface area contributed by atoms with Gasteiger partial charge in [0.05, 0.1) is 24.7 Å². The summed E-state index contributed by atoms with van der Waals surface area (Å²) in [5.41, 5.74) is 2.45. The number of pyridine rings is 1. The molecule has 8 heteroatoms. The van der Waals surface area contributed by atoms with Gasteiger partial charge in [-0.1, -0.05) is 18.2 Å². The highest BCUT2D eigenvalue weighted by Gasteiger charge is 2.21. The Bertz CT molecular complexity index is 1230. The van der Waals surface area contributed by atoms with Gasteiger partial charge in [-0.3, -0.25) is 4.79 Å². The van der Waals surface area contributed by atoms with Crippen LogP contribution in [0.3, 0.4) is 0 Å². The minimum Gasteiger partial charge on any atom is -0.462 e. The molecule has 0 radical (unpaired) electrons. The van der Waals surface area contributed by atoms with Crippen LogP contribution in [0.25, 0.3) is 17.0 Å². The number of fused-ring (bicyclic) bond motifs is 1. The predicted octanol–water partition coefficient (Wildman–Crippen LogP) is 3.49. The Morgan fingerprint density at radius 2 is 1.94 bits per heavy atom. The molecule has 3 aromatic rings. The molecule has 1 fully saturated rings. The quantitative estimate of drug-likeness (QED) is 0.398. The van der Waals surface area contributed by atoms with Gasteiger partial charge in [-0.2, -0.15) is 5.26 Å². The summed E-state index contributed by atoms with van der Waals surface area (Å²) in [4.78, 5) is 32.9. The van der Waals surface area contributed by atoms with Gasteiger partial charge in [-0.15, -0.1) is 0 Å². The maximum atomic E-state index is 12.8. The van der Waals surface area contributed by atoms with E-state index in [0.29, 0.717) is 51.3 Å². The van der Waals surface area contributed by atoms with Crippen LogP contribution in [0, 0.1) is 11.3 Å². The van der Waals surface area contributed by atoms with Crippen molar-refractivity contribution in [3.8, 4) is 6.07 Å². The third-order valence-corrected chi connectivity index (χ3v) is 5.86. The number of para-hydroxylation sites is 1. The lowest BCUT2D eigenvalue weighted by Gasteiger charge is -2.35. The van der Waals surface area contributed by atoms with Crippen LogP contribution < -0.4 is 4.90 Å². The Balaban J connectivity index is 1.37. The van der Waals surface area contributed by atoms with Gasteiger partial charge >= 0.3 is 5.97 Å². The molecular formula is C26H27N5O3. The maximum Gasteiger partial charge on any atom is 0.339 e. The average molecular weight is 458 g/mol. The summed E-state index contributed by atoms with van der Waals surface area (Å²) in [7, 11) is 0. The molecule has 2 aromatic heterocycles. The SMILES string of the molecule is CCOC(=O)c1ccc(N2CCN(C(=O)/C=C/c3cn(CCC#N)c4ccccc34)CC2)nc1. The van der Waals surface area contributed by atoms with Crippen LogP contribution in [0.5, 0.6) is 0 Å². The highest BCUT2D eigenvalue weighted by atomic mass is 16.5. The fourth-order valence-corrected chi connectivity index (χ4v) is 4.09. The number of amides is 1. The first kappa shape index (κ1) is 23.1. The van der Waals surface area contributed by atoms with Crippen LogP contribution in [0.4, 0.5) is 5.82 Å². The van der Waals surface area contributed by atoms with Crippen molar-refractivity contribution in [2.24, 2.45) is 0 Å². The van der Waals surface area contributed by atoms with E-state index in [4.69, 9.17) is 10.00 Å². The summed E-state index contributed by atoms with van der Waals surface area (Å²) in [5, 5.41) is 9.98. The molecule has 0 atom stereocenters. The lowest BCUT2D eigenvalue weighted by molar-refractivity contribution is -0.126. The number of hydrogen-bond acceptors (Lipinski definition) is 6. The number of nitrogens with zero attached hydrogens (tertiary/aromatic N) is 5. The van der Waals surface area contributed by atoms with E-state index in [9.17, 15) is 9.59 Å². The van der Waals surface area contributed by atoms with Gasteiger partial charge in [0.2, 0.25) is 5.91 Å². The molecule has 174 valence electrons. The van der Waals surface area contributed by atoms with E-state index in [1.807, 2.05) is 47.5 Å². The summed E-state index contributed by atoms with van der Waals surface area (Å²) in [5.74, 6) is 0.372. The summed E-state index contributed by atoms with van der Waals surface area (Å²) in [6, 6.07) is 13.7. The zero-order valence-electron chi connectivity index (χ0n) is 19.2. The van der Waals surface area contributed by atoms with E-state index in [1.165, 1.54) is 6.20 Å². The first-order valence-corrected chi connectivity index (χ1v) is 11.4. The molecule has 1 aliphatic rings. The zero-order valence-corrected chi connectivity index (χ0v) is 19.2. The Morgan fingerprint density at radius 3 is 2.65 bits per heavy atom. The van der Waals surface area contributed by atoms with Gasteiger partial charge in [0.25, 0.3) is 0 Å². The molecule has 0 spiro atoms. The number of ether oxygens (including phenoxy) is 1. The summed E-state index contributed by atoms with van der Waals surface area (Å²) in [6.45, 7) is 5.23. The molecule has 1 amide bonds. The van der Waals surface area contributed by atoms with E-state index in [-0.39, 0.29) is 11.9 Å². The predicted molar refractivity (Wildman–Crippen MR) is 130 cm³/mol. The maximum absolute atomic E-state index is 12.8. The lowest BCUT2D eigenvalue weighted by Crippen LogP contribution is -2.48. The number of hydrogen-bond donors (Lipinski definition) is 0. The molecule has 1 aliphatic heterocycles. The van der Waals surface area contributed by atoms with Crippen molar-refractivity contribution >= 4 is 34.7 Å². The standard InChI is InChI=1S/C26H27N5O3/c1-2-34-26(33)20-8-10-24(28-18-20)29-14-16-30(17-15-29)25(32)11-9-21-19-31(13-5-12-27)23-7-4-3-6-22(21)23/h3-4,6-11,18-19H,2,5,13-17H2,1H3/b11-9+. The number of benzene rings is 1. The van der Waals surface area contributed by atoms with E-state index in [2.05, 4.69) is 20.5 Å². The van der Waals surface area contributed by atoms with Crippen molar-refractivity contribution in [1.82, 2.24) is 14.5 Å². The summed E-state index contributed by atoms with van der Waals surface area (Å²) >= 11 is 0. The number of anilines is 1. The van der Waals surface area contributed by atoms with E-state index < -0.39 is 0 Å². The van der Waals surface area contributed by atoms with Crippen molar-refractivity contribution in [2.75, 3.05) is 37.7 Å². The van der Waals surface area contributed by atoms with Crippen molar-refractivity contribution < 1.29 is 14.3 Å². The van der Waals surface area contributed by atoms with E-state index >= 15 is 0 Å². The molecule has 0 saturated carbocycles. The summed E-state index contributed by atoms with van der Waals surface area (Å²) in [6.07, 6.45) is 7.44. The molecule has 1 saturated heterocycles. The van der Waals surface area contributed by atoms with Gasteiger partial charge in [-0.05, 0) is 31.2 Å². The van der Waals surface area contributed by atoms with E-state index in [0.717, 1.165) is 22.3 Å². The van der Waals surface area contributed by atoms with Gasteiger partial charge in [0.15, 0.2) is 0 Å². The minimum absolute atomic E-state index is 0.0286. The minimum atomic E-state index is -0.378. The number of nitriles is 1. The number of carbonyl (C=O) groups is 2. The Hall–Kier alpha value is -4.12.